The van der Waals surface area contributed by atoms with E-state index in [9.17, 15) is 25.2 Å². The molecular formula is C46H64N2O5. The zero-order chi connectivity index (χ0) is 38.6. The molecule has 0 aliphatic heterocycles. The Bertz CT molecular complexity index is 1650. The number of carbonyl (C=O) groups is 1. The zero-order valence-corrected chi connectivity index (χ0v) is 32.3. The Labute approximate surface area is 317 Å². The van der Waals surface area contributed by atoms with Gasteiger partial charge in [-0.05, 0) is 125 Å². The van der Waals surface area contributed by atoms with E-state index in [0.717, 1.165) is 54.4 Å². The molecule has 2 aromatic rings. The fourth-order valence-corrected chi connectivity index (χ4v) is 8.98. The maximum Gasteiger partial charge on any atom is 0.162 e. The highest BCUT2D eigenvalue weighted by Crippen LogP contribution is 2.63. The number of carbonyl (C=O) groups excluding carboxylic acids is 1. The number of allylic oxidation sites excluding steroid dienone is 8. The van der Waals surface area contributed by atoms with Gasteiger partial charge in [0, 0.05) is 24.4 Å². The van der Waals surface area contributed by atoms with Crippen molar-refractivity contribution in [1.82, 2.24) is 0 Å². The van der Waals surface area contributed by atoms with Crippen LogP contribution in [0.25, 0.3) is 0 Å². The summed E-state index contributed by atoms with van der Waals surface area (Å²) in [5, 5.41) is 44.8. The summed E-state index contributed by atoms with van der Waals surface area (Å²) in [6, 6.07) is 18.0. The summed E-state index contributed by atoms with van der Waals surface area (Å²) >= 11 is 0. The van der Waals surface area contributed by atoms with Gasteiger partial charge < -0.3 is 31.9 Å². The zero-order valence-electron chi connectivity index (χ0n) is 32.3. The third kappa shape index (κ3) is 10.6. The lowest BCUT2D eigenvalue weighted by molar-refractivity contribution is -0.167. The van der Waals surface area contributed by atoms with Crippen LogP contribution in [0.3, 0.4) is 0 Å². The van der Waals surface area contributed by atoms with Crippen LogP contribution in [0.5, 0.6) is 0 Å². The third-order valence-corrected chi connectivity index (χ3v) is 12.1. The highest BCUT2D eigenvalue weighted by molar-refractivity contribution is 5.97. The van der Waals surface area contributed by atoms with E-state index in [-0.39, 0.29) is 37.3 Å². The van der Waals surface area contributed by atoms with Gasteiger partial charge in [-0.1, -0.05) is 102 Å². The molecule has 2 aromatic carbocycles. The van der Waals surface area contributed by atoms with Gasteiger partial charge in [0.15, 0.2) is 5.78 Å². The van der Waals surface area contributed by atoms with Crippen LogP contribution in [0, 0.1) is 17.3 Å². The van der Waals surface area contributed by atoms with Crippen LogP contribution in [-0.2, 0) is 17.6 Å². The molecule has 2 fully saturated rings. The van der Waals surface area contributed by atoms with Gasteiger partial charge in [0.2, 0.25) is 0 Å². The van der Waals surface area contributed by atoms with Gasteiger partial charge >= 0.3 is 0 Å². The number of hydrogen-bond acceptors (Lipinski definition) is 7. The molecular weight excluding hydrogens is 661 g/mol. The van der Waals surface area contributed by atoms with E-state index < -0.39 is 23.3 Å². The molecule has 1 spiro atoms. The van der Waals surface area contributed by atoms with Crippen molar-refractivity contribution in [2.75, 3.05) is 13.2 Å². The van der Waals surface area contributed by atoms with Crippen molar-refractivity contribution in [1.29, 1.82) is 0 Å². The van der Waals surface area contributed by atoms with Crippen LogP contribution in [-0.4, -0.2) is 51.1 Å². The lowest BCUT2D eigenvalue weighted by Gasteiger charge is -2.55. The number of aliphatic hydroxyl groups is 4. The van der Waals surface area contributed by atoms with Gasteiger partial charge in [0.05, 0.1) is 24.5 Å². The van der Waals surface area contributed by atoms with Crippen molar-refractivity contribution in [2.24, 2.45) is 28.7 Å². The number of aliphatic hydroxyl groups excluding tert-OH is 3. The average Bonchev–Trinajstić information content (AvgIpc) is 3.48. The molecule has 0 radical (unpaired) electrons. The van der Waals surface area contributed by atoms with Gasteiger partial charge in [-0.2, -0.15) is 0 Å². The molecule has 5 atom stereocenters. The predicted octanol–water partition coefficient (Wildman–Crippen LogP) is 7.50. The van der Waals surface area contributed by atoms with E-state index >= 15 is 0 Å². The number of ketones is 1. The van der Waals surface area contributed by atoms with E-state index in [4.69, 9.17) is 11.5 Å². The smallest absolute Gasteiger partial charge is 0.162 e. The molecule has 0 saturated heterocycles. The van der Waals surface area contributed by atoms with Crippen molar-refractivity contribution in [3.63, 3.8) is 0 Å². The molecule has 0 aromatic heterocycles. The third-order valence-electron chi connectivity index (χ3n) is 12.1. The number of rotatable bonds is 18. The summed E-state index contributed by atoms with van der Waals surface area (Å²) in [5.74, 6) is -0.690. The van der Waals surface area contributed by atoms with Gasteiger partial charge in [0.1, 0.15) is 0 Å². The average molecular weight is 725 g/mol. The molecule has 7 heteroatoms. The second kappa shape index (κ2) is 19.8. The Morgan fingerprint density at radius 3 is 2.45 bits per heavy atom. The summed E-state index contributed by atoms with van der Waals surface area (Å²) in [6.45, 7) is 9.85. The van der Waals surface area contributed by atoms with Crippen LogP contribution in [0.4, 0.5) is 0 Å². The van der Waals surface area contributed by atoms with Gasteiger partial charge in [-0.15, -0.1) is 0 Å². The number of nitrogens with two attached hydrogens (primary N) is 2. The molecule has 2 aliphatic rings. The van der Waals surface area contributed by atoms with E-state index in [1.54, 1.807) is 0 Å². The molecule has 4 rings (SSSR count). The Balaban J connectivity index is 1.47. The number of Topliss-reactive ketones (excluding diaryl/α,β-unsaturated/α-hetero) is 1. The maximum atomic E-state index is 13.8. The van der Waals surface area contributed by atoms with E-state index in [1.807, 2.05) is 62.4 Å². The molecule has 0 amide bonds. The van der Waals surface area contributed by atoms with Crippen LogP contribution in [0.1, 0.15) is 108 Å². The molecule has 0 heterocycles. The van der Waals surface area contributed by atoms with Crippen LogP contribution in [0.15, 0.2) is 113 Å². The molecule has 7 nitrogen and oxygen atoms in total. The van der Waals surface area contributed by atoms with E-state index in [2.05, 4.69) is 43.8 Å². The van der Waals surface area contributed by atoms with E-state index in [1.165, 1.54) is 11.1 Å². The van der Waals surface area contributed by atoms with Gasteiger partial charge in [-0.3, -0.25) is 4.79 Å². The summed E-state index contributed by atoms with van der Waals surface area (Å²) in [6.07, 6.45) is 14.8. The summed E-state index contributed by atoms with van der Waals surface area (Å²) in [7, 11) is 0. The quantitative estimate of drug-likeness (QED) is 0.0404. The van der Waals surface area contributed by atoms with Gasteiger partial charge in [0.25, 0.3) is 0 Å². The monoisotopic (exact) mass is 724 g/mol. The van der Waals surface area contributed by atoms with Crippen molar-refractivity contribution in [3.8, 4) is 0 Å². The molecule has 288 valence electrons. The Kier molecular flexibility index (Phi) is 15.8. The van der Waals surface area contributed by atoms with Crippen LogP contribution in [0.2, 0.25) is 0 Å². The van der Waals surface area contributed by atoms with Crippen molar-refractivity contribution < 1.29 is 25.2 Å². The molecule has 2 aliphatic carbocycles. The largest absolute Gasteiger partial charge is 0.396 e. The lowest BCUT2D eigenvalue weighted by atomic mass is 9.52. The first-order chi connectivity index (χ1) is 25.3. The first kappa shape index (κ1) is 42.3. The lowest BCUT2D eigenvalue weighted by Crippen LogP contribution is -2.59. The molecule has 2 saturated carbocycles. The minimum atomic E-state index is -1.21. The Morgan fingerprint density at radius 1 is 1.02 bits per heavy atom. The Hall–Kier alpha value is -3.43. The Morgan fingerprint density at radius 2 is 1.75 bits per heavy atom. The summed E-state index contributed by atoms with van der Waals surface area (Å²) < 4.78 is 0. The van der Waals surface area contributed by atoms with E-state index in [0.29, 0.717) is 49.7 Å². The minimum absolute atomic E-state index is 0.0208. The normalized spacial score (nSPS) is 26.2. The SMILES string of the molecule is C=C(C=CC=C(CO)C1CCC2(C(CCCO)C(=C(C)C(=O)Cc3cccc(C(N)N)c3)CCC2(C)O)C1O)CCC=C(C)CCCc1ccccc1. The van der Waals surface area contributed by atoms with Crippen molar-refractivity contribution in [3.05, 3.63) is 130 Å². The highest BCUT2D eigenvalue weighted by atomic mass is 16.3. The number of hydrogen-bond donors (Lipinski definition) is 6. The fourth-order valence-electron chi connectivity index (χ4n) is 8.98. The molecule has 0 bridgehead atoms. The topological polar surface area (TPSA) is 150 Å². The number of aryl methyl sites for hydroxylation is 1. The molecule has 8 N–H and O–H groups in total. The summed E-state index contributed by atoms with van der Waals surface area (Å²) in [5.41, 5.74) is 17.3. The number of benzene rings is 2. The second-order valence-corrected chi connectivity index (χ2v) is 15.7. The van der Waals surface area contributed by atoms with Crippen molar-refractivity contribution >= 4 is 5.78 Å². The summed E-state index contributed by atoms with van der Waals surface area (Å²) in [4.78, 5) is 13.8. The molecule has 53 heavy (non-hydrogen) atoms. The van der Waals surface area contributed by atoms with Crippen LogP contribution < -0.4 is 11.5 Å². The fraction of sp³-hybridized carbons (Fsp3) is 0.500. The van der Waals surface area contributed by atoms with Crippen molar-refractivity contribution in [2.45, 2.75) is 116 Å². The molecule has 5 unspecified atom stereocenters. The predicted molar refractivity (Wildman–Crippen MR) is 216 cm³/mol. The second-order valence-electron chi connectivity index (χ2n) is 15.7. The standard InChI is InChI=1S/C46H64N2O5/c1-32(15-9-19-35-17-6-5-7-18-35)13-8-14-33(2)16-10-22-38(31-50)40-25-27-46(43(40)52)41(23-12-28-49)39(24-26-45(46,4)53)34(3)42(51)30-36-20-11-21-37(29-36)44(47)48/h5-7,10-11,13,16-18,20-22,29,40-41,43-44,49-50,52-53H,2,8-9,12,14-15,19,23-28,30-31,47-48H2,1,3-4H3. The minimum Gasteiger partial charge on any atom is -0.396 e. The highest BCUT2D eigenvalue weighted by Gasteiger charge is 2.64. The van der Waals surface area contributed by atoms with Gasteiger partial charge in [-0.25, -0.2) is 0 Å². The first-order valence-corrected chi connectivity index (χ1v) is 19.5. The maximum absolute atomic E-state index is 13.8. The first-order valence-electron chi connectivity index (χ1n) is 19.5. The van der Waals surface area contributed by atoms with Crippen LogP contribution >= 0.6 is 0 Å².